The molecule has 0 nitrogen and oxygen atoms in total. The minimum Gasteiger partial charge on any atom is -0.0802 e. The van der Waals surface area contributed by atoms with Crippen molar-refractivity contribution >= 4 is 27.1 Å². The van der Waals surface area contributed by atoms with Crippen LogP contribution >= 0.6 is 0 Å². The number of benzene rings is 5. The molecule has 2 aliphatic rings. The Morgan fingerprint density at radius 3 is 1.97 bits per heavy atom. The summed E-state index contributed by atoms with van der Waals surface area (Å²) in [7, 11) is 0. The molecule has 1 saturated carbocycles. The van der Waals surface area contributed by atoms with Crippen LogP contribution in [0, 0.1) is 11.8 Å². The molecule has 7 rings (SSSR count). The van der Waals surface area contributed by atoms with Crippen LogP contribution in [0.2, 0.25) is 0 Å². The second kappa shape index (κ2) is 8.35. The van der Waals surface area contributed by atoms with Gasteiger partial charge in [0.25, 0.3) is 0 Å². The minimum atomic E-state index is 0.540. The summed E-state index contributed by atoms with van der Waals surface area (Å²) in [5, 5.41) is 5.33. The summed E-state index contributed by atoms with van der Waals surface area (Å²) in [6, 6.07) is 36.1. The lowest BCUT2D eigenvalue weighted by molar-refractivity contribution is 0.867. The summed E-state index contributed by atoms with van der Waals surface area (Å²) in [4.78, 5) is 0. The highest BCUT2D eigenvalue weighted by molar-refractivity contribution is 6.20. The van der Waals surface area contributed by atoms with Gasteiger partial charge in [0, 0.05) is 0 Å². The molecule has 5 aromatic rings. The van der Waals surface area contributed by atoms with E-state index in [1.54, 1.807) is 0 Å². The Hall–Kier alpha value is -3.90. The molecular weight excluding hydrogens is 432 g/mol. The van der Waals surface area contributed by atoms with E-state index < -0.39 is 0 Å². The fourth-order valence-corrected chi connectivity index (χ4v) is 5.97. The molecule has 0 saturated heterocycles. The number of hydrogen-bond acceptors (Lipinski definition) is 0. The third kappa shape index (κ3) is 3.52. The Morgan fingerprint density at radius 1 is 0.583 bits per heavy atom. The Morgan fingerprint density at radius 2 is 1.25 bits per heavy atom. The molecule has 36 heavy (non-hydrogen) atoms. The van der Waals surface area contributed by atoms with Gasteiger partial charge in [0.05, 0.1) is 0 Å². The standard InChI is InChI=1S/C36H30/c1-23(2)24-12-14-25(15-13-24)28-18-19-33-34(22-28)36(29-17-16-27-20-30(27)21-29)32-11-7-6-10-31(32)35(33)26-8-4-3-5-9-26/h3-19,21-23,27,30H,20H2,1-2H3. The average Bonchev–Trinajstić information content (AvgIpc) is 3.71. The normalized spacial score (nSPS) is 18.5. The molecule has 0 aromatic heterocycles. The van der Waals surface area contributed by atoms with Crippen LogP contribution in [-0.2, 0) is 0 Å². The van der Waals surface area contributed by atoms with Gasteiger partial charge in [-0.25, -0.2) is 0 Å². The first-order chi connectivity index (χ1) is 17.7. The van der Waals surface area contributed by atoms with Crippen LogP contribution in [0.15, 0.2) is 115 Å². The zero-order chi connectivity index (χ0) is 24.2. The van der Waals surface area contributed by atoms with Crippen LogP contribution < -0.4 is 0 Å². The number of allylic oxidation sites excluding steroid dienone is 4. The van der Waals surface area contributed by atoms with Crippen molar-refractivity contribution < 1.29 is 0 Å². The van der Waals surface area contributed by atoms with E-state index >= 15 is 0 Å². The van der Waals surface area contributed by atoms with Crippen LogP contribution in [0.1, 0.15) is 37.3 Å². The van der Waals surface area contributed by atoms with Crippen molar-refractivity contribution in [1.82, 2.24) is 0 Å². The zero-order valence-corrected chi connectivity index (χ0v) is 20.9. The smallest absolute Gasteiger partial charge is 0.00264 e. The molecule has 0 heterocycles. The molecule has 2 aliphatic carbocycles. The van der Waals surface area contributed by atoms with Gasteiger partial charge >= 0.3 is 0 Å². The molecule has 174 valence electrons. The molecular formula is C36H30. The molecule has 2 unspecified atom stereocenters. The van der Waals surface area contributed by atoms with Crippen molar-refractivity contribution in [3.05, 3.63) is 126 Å². The third-order valence-electron chi connectivity index (χ3n) is 8.09. The van der Waals surface area contributed by atoms with Crippen LogP contribution in [0.5, 0.6) is 0 Å². The molecule has 0 amide bonds. The van der Waals surface area contributed by atoms with E-state index in [2.05, 4.69) is 129 Å². The highest BCUT2D eigenvalue weighted by Gasteiger charge is 2.35. The van der Waals surface area contributed by atoms with Crippen molar-refractivity contribution in [1.29, 1.82) is 0 Å². The zero-order valence-electron chi connectivity index (χ0n) is 20.9. The second-order valence-electron chi connectivity index (χ2n) is 10.7. The fraction of sp³-hybridized carbons (Fsp3) is 0.167. The van der Waals surface area contributed by atoms with Crippen LogP contribution in [0.25, 0.3) is 49.4 Å². The molecule has 5 aromatic carbocycles. The molecule has 0 N–H and O–H groups in total. The van der Waals surface area contributed by atoms with E-state index in [0.29, 0.717) is 11.8 Å². The lowest BCUT2D eigenvalue weighted by atomic mass is 9.83. The Labute approximate surface area is 213 Å². The van der Waals surface area contributed by atoms with Gasteiger partial charge in [-0.2, -0.15) is 0 Å². The van der Waals surface area contributed by atoms with Crippen molar-refractivity contribution in [2.24, 2.45) is 11.8 Å². The van der Waals surface area contributed by atoms with Gasteiger partial charge in [-0.3, -0.25) is 0 Å². The minimum absolute atomic E-state index is 0.540. The van der Waals surface area contributed by atoms with Gasteiger partial charge in [0.15, 0.2) is 0 Å². The topological polar surface area (TPSA) is 0 Å². The Bertz CT molecular complexity index is 1660. The lowest BCUT2D eigenvalue weighted by Gasteiger charge is -2.20. The first-order valence-electron chi connectivity index (χ1n) is 13.2. The van der Waals surface area contributed by atoms with E-state index in [1.165, 1.54) is 66.9 Å². The van der Waals surface area contributed by atoms with Gasteiger partial charge in [-0.1, -0.05) is 123 Å². The van der Waals surface area contributed by atoms with E-state index in [0.717, 1.165) is 5.92 Å². The van der Waals surface area contributed by atoms with E-state index in [1.807, 2.05) is 0 Å². The molecule has 2 atom stereocenters. The van der Waals surface area contributed by atoms with Crippen molar-refractivity contribution in [2.45, 2.75) is 26.2 Å². The maximum Gasteiger partial charge on any atom is -0.00264 e. The van der Waals surface area contributed by atoms with Crippen molar-refractivity contribution in [3.8, 4) is 22.3 Å². The third-order valence-corrected chi connectivity index (χ3v) is 8.09. The van der Waals surface area contributed by atoms with Gasteiger partial charge in [0.2, 0.25) is 0 Å². The first-order valence-corrected chi connectivity index (χ1v) is 13.2. The Balaban J connectivity index is 1.55. The van der Waals surface area contributed by atoms with Crippen molar-refractivity contribution in [3.63, 3.8) is 0 Å². The molecule has 0 bridgehead atoms. The summed E-state index contributed by atoms with van der Waals surface area (Å²) in [6.07, 6.45) is 8.63. The van der Waals surface area contributed by atoms with Gasteiger partial charge < -0.3 is 0 Å². The van der Waals surface area contributed by atoms with E-state index in [4.69, 9.17) is 0 Å². The van der Waals surface area contributed by atoms with Gasteiger partial charge in [-0.15, -0.1) is 0 Å². The van der Waals surface area contributed by atoms with Crippen LogP contribution in [0.4, 0.5) is 0 Å². The first kappa shape index (κ1) is 21.4. The van der Waals surface area contributed by atoms with Crippen molar-refractivity contribution in [2.75, 3.05) is 0 Å². The summed E-state index contributed by atoms with van der Waals surface area (Å²) >= 11 is 0. The molecule has 0 spiro atoms. The van der Waals surface area contributed by atoms with E-state index in [-0.39, 0.29) is 0 Å². The SMILES string of the molecule is CC(C)c1ccc(-c2ccc3c(-c4ccccc4)c4ccccc4c(C4=CC5CC5C=C4)c3c2)cc1. The largest absolute Gasteiger partial charge is 0.0802 e. The summed E-state index contributed by atoms with van der Waals surface area (Å²) in [5.41, 5.74) is 9.29. The average molecular weight is 463 g/mol. The van der Waals surface area contributed by atoms with Gasteiger partial charge in [0.1, 0.15) is 0 Å². The quantitative estimate of drug-likeness (QED) is 0.233. The number of rotatable bonds is 4. The second-order valence-corrected chi connectivity index (χ2v) is 10.7. The monoisotopic (exact) mass is 462 g/mol. The lowest BCUT2D eigenvalue weighted by Crippen LogP contribution is -1.96. The highest BCUT2D eigenvalue weighted by atomic mass is 14.4. The molecule has 0 radical (unpaired) electrons. The predicted molar refractivity (Wildman–Crippen MR) is 155 cm³/mol. The maximum absolute atomic E-state index is 2.53. The molecule has 1 fully saturated rings. The van der Waals surface area contributed by atoms with Crippen LogP contribution in [0.3, 0.4) is 0 Å². The van der Waals surface area contributed by atoms with Crippen LogP contribution in [-0.4, -0.2) is 0 Å². The fourth-order valence-electron chi connectivity index (χ4n) is 5.97. The summed E-state index contributed by atoms with van der Waals surface area (Å²) < 4.78 is 0. The molecule has 0 heteroatoms. The number of fused-ring (bicyclic) bond motifs is 3. The maximum atomic E-state index is 2.53. The van der Waals surface area contributed by atoms with E-state index in [9.17, 15) is 0 Å². The predicted octanol–water partition coefficient (Wildman–Crippen LogP) is 10.0. The van der Waals surface area contributed by atoms with Gasteiger partial charge in [-0.05, 0) is 90.7 Å². The summed E-state index contributed by atoms with van der Waals surface area (Å²) in [6.45, 7) is 4.51. The highest BCUT2D eigenvalue weighted by Crippen LogP contribution is 2.49. The Kier molecular flexibility index (Phi) is 4.96. The molecule has 0 aliphatic heterocycles. The number of hydrogen-bond donors (Lipinski definition) is 0. The summed E-state index contributed by atoms with van der Waals surface area (Å²) in [5.74, 6) is 2.00.